The fraction of sp³-hybridized carbons (Fsp3) is 0.545. The molecule has 1 aromatic rings. The van der Waals surface area contributed by atoms with Crippen LogP contribution in [0.15, 0.2) is 6.07 Å². The molecule has 0 saturated carbocycles. The molecule has 1 aromatic heterocycles. The normalized spacial score (nSPS) is 17.1. The van der Waals surface area contributed by atoms with Gasteiger partial charge in [-0.15, -0.1) is 10.2 Å². The second-order valence-corrected chi connectivity index (χ2v) is 4.48. The number of nitrogen functional groups attached to an aromatic ring is 1. The van der Waals surface area contributed by atoms with Gasteiger partial charge in [0.2, 0.25) is 0 Å². The molecule has 0 radical (unpaired) electrons. The maximum atomic E-state index is 10.9. The lowest BCUT2D eigenvalue weighted by Crippen LogP contribution is -2.33. The molecule has 1 saturated heterocycles. The molecule has 6 nitrogen and oxygen atoms in total. The highest BCUT2D eigenvalue weighted by Gasteiger charge is 2.19. The summed E-state index contributed by atoms with van der Waals surface area (Å²) < 4.78 is 0. The minimum absolute atomic E-state index is 0.0219. The van der Waals surface area contributed by atoms with Crippen LogP contribution in [0, 0.1) is 5.92 Å². The van der Waals surface area contributed by atoms with Crippen molar-refractivity contribution in [2.75, 3.05) is 23.7 Å². The van der Waals surface area contributed by atoms with Crippen LogP contribution in [-0.4, -0.2) is 34.4 Å². The lowest BCUT2D eigenvalue weighted by atomic mass is 9.99. The average Bonchev–Trinajstić information content (AvgIpc) is 2.30. The molecule has 92 valence electrons. The van der Waals surface area contributed by atoms with Gasteiger partial charge in [-0.05, 0) is 18.8 Å². The first-order chi connectivity index (χ1) is 8.08. The maximum Gasteiger partial charge on any atom is 0.339 e. The summed E-state index contributed by atoms with van der Waals surface area (Å²) >= 11 is 0. The van der Waals surface area contributed by atoms with E-state index in [0.717, 1.165) is 25.9 Å². The van der Waals surface area contributed by atoms with Gasteiger partial charge in [0.15, 0.2) is 11.6 Å². The van der Waals surface area contributed by atoms with Gasteiger partial charge in [0.05, 0.1) is 0 Å². The Labute approximate surface area is 99.4 Å². The van der Waals surface area contributed by atoms with E-state index in [0.29, 0.717) is 11.7 Å². The fourth-order valence-corrected chi connectivity index (χ4v) is 1.95. The summed E-state index contributed by atoms with van der Waals surface area (Å²) in [5.74, 6) is 0.214. The van der Waals surface area contributed by atoms with Crippen LogP contribution in [0.2, 0.25) is 0 Å². The molecule has 6 heteroatoms. The SMILES string of the molecule is CC1CCN(c2cc(C(=O)O)c(N)nn2)CC1. The molecule has 2 heterocycles. The summed E-state index contributed by atoms with van der Waals surface area (Å²) in [5.41, 5.74) is 5.49. The second-order valence-electron chi connectivity index (χ2n) is 4.48. The number of aromatic nitrogens is 2. The van der Waals surface area contributed by atoms with E-state index in [1.54, 1.807) is 0 Å². The first kappa shape index (κ1) is 11.6. The number of hydrogen-bond acceptors (Lipinski definition) is 5. The Kier molecular flexibility index (Phi) is 3.12. The number of nitrogens with two attached hydrogens (primary N) is 1. The summed E-state index contributed by atoms with van der Waals surface area (Å²) in [6.45, 7) is 3.99. The van der Waals surface area contributed by atoms with E-state index < -0.39 is 5.97 Å². The van der Waals surface area contributed by atoms with Crippen molar-refractivity contribution in [3.05, 3.63) is 11.6 Å². The average molecular weight is 236 g/mol. The Bertz CT molecular complexity index is 427. The van der Waals surface area contributed by atoms with Crippen LogP contribution in [0.1, 0.15) is 30.1 Å². The van der Waals surface area contributed by atoms with E-state index in [2.05, 4.69) is 22.0 Å². The van der Waals surface area contributed by atoms with Crippen molar-refractivity contribution in [3.63, 3.8) is 0 Å². The van der Waals surface area contributed by atoms with Crippen LogP contribution in [0.3, 0.4) is 0 Å². The Hall–Kier alpha value is -1.85. The van der Waals surface area contributed by atoms with Crippen molar-refractivity contribution < 1.29 is 9.90 Å². The van der Waals surface area contributed by atoms with Crippen LogP contribution in [0.4, 0.5) is 11.6 Å². The Morgan fingerprint density at radius 2 is 2.12 bits per heavy atom. The molecule has 0 atom stereocenters. The summed E-state index contributed by atoms with van der Waals surface area (Å²) in [6, 6.07) is 1.50. The minimum Gasteiger partial charge on any atom is -0.478 e. The molecule has 1 fully saturated rings. The predicted molar refractivity (Wildman–Crippen MR) is 64.0 cm³/mol. The molecule has 0 amide bonds. The van der Waals surface area contributed by atoms with E-state index in [9.17, 15) is 4.79 Å². The van der Waals surface area contributed by atoms with Crippen LogP contribution < -0.4 is 10.6 Å². The third-order valence-corrected chi connectivity index (χ3v) is 3.15. The third-order valence-electron chi connectivity index (χ3n) is 3.15. The number of carboxylic acids is 1. The number of carbonyl (C=O) groups is 1. The van der Waals surface area contributed by atoms with Gasteiger partial charge in [-0.2, -0.15) is 0 Å². The number of nitrogens with zero attached hydrogens (tertiary/aromatic N) is 3. The zero-order valence-corrected chi connectivity index (χ0v) is 9.76. The number of piperidine rings is 1. The Morgan fingerprint density at radius 1 is 1.47 bits per heavy atom. The zero-order valence-electron chi connectivity index (χ0n) is 9.76. The largest absolute Gasteiger partial charge is 0.478 e. The standard InChI is InChI=1S/C11H16N4O2/c1-7-2-4-15(5-3-7)9-6-8(11(16)17)10(12)14-13-9/h6-7H,2-5H2,1H3,(H2,12,14)(H,16,17). The Morgan fingerprint density at radius 3 is 2.71 bits per heavy atom. The first-order valence-electron chi connectivity index (χ1n) is 5.69. The molecular formula is C11H16N4O2. The van der Waals surface area contributed by atoms with Crippen LogP contribution in [-0.2, 0) is 0 Å². The minimum atomic E-state index is -1.07. The monoisotopic (exact) mass is 236 g/mol. The van der Waals surface area contributed by atoms with Gasteiger partial charge in [0.1, 0.15) is 5.56 Å². The quantitative estimate of drug-likeness (QED) is 0.795. The highest BCUT2D eigenvalue weighted by Crippen LogP contribution is 2.22. The van der Waals surface area contributed by atoms with Gasteiger partial charge < -0.3 is 15.7 Å². The van der Waals surface area contributed by atoms with Crippen molar-refractivity contribution >= 4 is 17.6 Å². The molecule has 17 heavy (non-hydrogen) atoms. The molecule has 0 bridgehead atoms. The highest BCUT2D eigenvalue weighted by atomic mass is 16.4. The summed E-state index contributed by atoms with van der Waals surface area (Å²) in [6.07, 6.45) is 2.18. The molecular weight excluding hydrogens is 220 g/mol. The summed E-state index contributed by atoms with van der Waals surface area (Å²) in [4.78, 5) is 13.0. The van der Waals surface area contributed by atoms with E-state index in [4.69, 9.17) is 10.8 Å². The lowest BCUT2D eigenvalue weighted by Gasteiger charge is -2.30. The van der Waals surface area contributed by atoms with E-state index >= 15 is 0 Å². The molecule has 1 aliphatic rings. The van der Waals surface area contributed by atoms with E-state index in [1.165, 1.54) is 6.07 Å². The van der Waals surface area contributed by atoms with Gasteiger partial charge in [0.25, 0.3) is 0 Å². The number of anilines is 2. The van der Waals surface area contributed by atoms with Crippen molar-refractivity contribution in [2.24, 2.45) is 5.92 Å². The zero-order chi connectivity index (χ0) is 12.4. The van der Waals surface area contributed by atoms with Gasteiger partial charge in [-0.1, -0.05) is 6.92 Å². The molecule has 0 aromatic carbocycles. The van der Waals surface area contributed by atoms with Crippen LogP contribution in [0.5, 0.6) is 0 Å². The summed E-state index contributed by atoms with van der Waals surface area (Å²) in [5, 5.41) is 16.6. The third kappa shape index (κ3) is 2.46. The predicted octanol–water partition coefficient (Wildman–Crippen LogP) is 0.993. The van der Waals surface area contributed by atoms with Crippen LogP contribution in [0.25, 0.3) is 0 Å². The van der Waals surface area contributed by atoms with E-state index in [-0.39, 0.29) is 11.4 Å². The number of carboxylic acid groups (broad SMARTS) is 1. The fourth-order valence-electron chi connectivity index (χ4n) is 1.95. The highest BCUT2D eigenvalue weighted by molar-refractivity contribution is 5.93. The van der Waals surface area contributed by atoms with E-state index in [1.807, 2.05) is 0 Å². The molecule has 0 spiro atoms. The van der Waals surface area contributed by atoms with Crippen molar-refractivity contribution in [1.29, 1.82) is 0 Å². The van der Waals surface area contributed by atoms with Gasteiger partial charge in [-0.3, -0.25) is 0 Å². The number of aromatic carboxylic acids is 1. The smallest absolute Gasteiger partial charge is 0.339 e. The number of rotatable bonds is 2. The van der Waals surface area contributed by atoms with Crippen LogP contribution >= 0.6 is 0 Å². The Balaban J connectivity index is 2.21. The van der Waals surface area contributed by atoms with Crippen molar-refractivity contribution in [1.82, 2.24) is 10.2 Å². The summed E-state index contributed by atoms with van der Waals surface area (Å²) in [7, 11) is 0. The first-order valence-corrected chi connectivity index (χ1v) is 5.69. The topological polar surface area (TPSA) is 92.3 Å². The van der Waals surface area contributed by atoms with Crippen molar-refractivity contribution in [3.8, 4) is 0 Å². The van der Waals surface area contributed by atoms with Gasteiger partial charge in [0, 0.05) is 19.2 Å². The molecule has 0 unspecified atom stereocenters. The molecule has 0 aliphatic carbocycles. The maximum absolute atomic E-state index is 10.9. The lowest BCUT2D eigenvalue weighted by molar-refractivity contribution is 0.0697. The molecule has 3 N–H and O–H groups in total. The second kappa shape index (κ2) is 4.57. The molecule has 1 aliphatic heterocycles. The number of hydrogen-bond donors (Lipinski definition) is 2. The van der Waals surface area contributed by atoms with Crippen molar-refractivity contribution in [2.45, 2.75) is 19.8 Å². The van der Waals surface area contributed by atoms with Gasteiger partial charge in [-0.25, -0.2) is 4.79 Å². The molecule has 2 rings (SSSR count). The van der Waals surface area contributed by atoms with Gasteiger partial charge >= 0.3 is 5.97 Å².